The molecule has 0 aromatic rings. The Labute approximate surface area is 147 Å². The summed E-state index contributed by atoms with van der Waals surface area (Å²) in [5, 5.41) is 0. The Kier molecular flexibility index (Phi) is 14.7. The van der Waals surface area contributed by atoms with Crippen molar-refractivity contribution in [1.29, 1.82) is 0 Å². The van der Waals surface area contributed by atoms with Crippen molar-refractivity contribution in [3.05, 3.63) is 34.5 Å². The van der Waals surface area contributed by atoms with E-state index in [-0.39, 0.29) is 5.97 Å². The molecule has 0 rings (SSSR count). The zero-order valence-corrected chi connectivity index (χ0v) is 18.5. The van der Waals surface area contributed by atoms with Crippen molar-refractivity contribution in [3.8, 4) is 0 Å². The zero-order valence-electron chi connectivity index (χ0n) is 15.6. The summed E-state index contributed by atoms with van der Waals surface area (Å²) in [4.78, 5) is 11.0. The third-order valence-electron chi connectivity index (χ3n) is 4.30. The Balaban J connectivity index is 4.85. The van der Waals surface area contributed by atoms with Gasteiger partial charge in [0.1, 0.15) is 0 Å². The molecule has 0 heterocycles. The summed E-state index contributed by atoms with van der Waals surface area (Å²) in [5.41, 5.74) is 0. The number of allylic oxidation sites excluding steroid dienone is 4. The van der Waals surface area contributed by atoms with Crippen molar-refractivity contribution in [1.82, 2.24) is 0 Å². The molecule has 0 aliphatic carbocycles. The van der Waals surface area contributed by atoms with Gasteiger partial charge in [0.15, 0.2) is 0 Å². The average molecular weight is 427 g/mol. The Hall–Kier alpha value is -0.511. The summed E-state index contributed by atoms with van der Waals surface area (Å²) in [6.07, 6.45) is 17.5. The van der Waals surface area contributed by atoms with E-state index in [0.717, 1.165) is 0 Å². The van der Waals surface area contributed by atoms with Crippen LogP contribution in [0.15, 0.2) is 34.5 Å². The van der Waals surface area contributed by atoms with Crippen LogP contribution < -0.4 is 0 Å². The van der Waals surface area contributed by atoms with Gasteiger partial charge >= 0.3 is 148 Å². The first-order valence-electron chi connectivity index (χ1n) is 9.24. The third kappa shape index (κ3) is 11.6. The fourth-order valence-corrected chi connectivity index (χ4v) is 16.9. The molecule has 0 saturated carbocycles. The molecule has 132 valence electrons. The van der Waals surface area contributed by atoms with Gasteiger partial charge in [-0.25, -0.2) is 0 Å². The summed E-state index contributed by atoms with van der Waals surface area (Å²) in [6.45, 7) is 6.91. The van der Waals surface area contributed by atoms with E-state index < -0.39 is 18.4 Å². The summed E-state index contributed by atoms with van der Waals surface area (Å²) in [7, 11) is 1.40. The van der Waals surface area contributed by atoms with Gasteiger partial charge in [-0.2, -0.15) is 0 Å². The Morgan fingerprint density at radius 2 is 1.30 bits per heavy atom. The maximum absolute atomic E-state index is 11.0. The van der Waals surface area contributed by atoms with Crippen LogP contribution in [-0.4, -0.2) is 31.5 Å². The van der Waals surface area contributed by atoms with Crippen molar-refractivity contribution in [2.24, 2.45) is 0 Å². The maximum atomic E-state index is 11.0. The second kappa shape index (κ2) is 15.0. The molecule has 0 unspecified atom stereocenters. The zero-order chi connectivity index (χ0) is 17.4. The number of hydrogen-bond acceptors (Lipinski definition) is 2. The summed E-state index contributed by atoms with van der Waals surface area (Å²) in [6, 6.07) is 0. The van der Waals surface area contributed by atoms with Gasteiger partial charge in [0, 0.05) is 0 Å². The first kappa shape index (κ1) is 22.5. The van der Waals surface area contributed by atoms with Crippen molar-refractivity contribution >= 4 is 24.3 Å². The molecule has 2 nitrogen and oxygen atoms in total. The number of carbonyl (C=O) groups is 1. The van der Waals surface area contributed by atoms with Crippen LogP contribution in [-0.2, 0) is 9.53 Å². The first-order chi connectivity index (χ1) is 11.1. The molecule has 0 atom stereocenters. The van der Waals surface area contributed by atoms with E-state index in [0.29, 0.717) is 0 Å². The topological polar surface area (TPSA) is 26.3 Å². The molecular formula is C20H36O2Sn. The van der Waals surface area contributed by atoms with Crippen LogP contribution in [0.4, 0.5) is 0 Å². The number of esters is 1. The molecular weight excluding hydrogens is 391 g/mol. The number of methoxy groups -OCH3 is 1. The standard InChI is InChI=1S/C8H9O2.3C4H9.Sn/c1-3-4-5-6-7-8(9)10-2;3*1-3-4-2;/h1,3-7H,2H3;3*1,3-4H2,2H3;/b3-1?,5-4-,7-6-;;;;. The van der Waals surface area contributed by atoms with Gasteiger partial charge in [-0.1, -0.05) is 0 Å². The minimum atomic E-state index is -2.13. The third-order valence-corrected chi connectivity index (χ3v) is 18.4. The van der Waals surface area contributed by atoms with Crippen LogP contribution >= 0.6 is 0 Å². The van der Waals surface area contributed by atoms with Crippen LogP contribution in [0.25, 0.3) is 0 Å². The summed E-state index contributed by atoms with van der Waals surface area (Å²) < 4.78 is 11.7. The molecule has 23 heavy (non-hydrogen) atoms. The van der Waals surface area contributed by atoms with Crippen molar-refractivity contribution in [3.63, 3.8) is 0 Å². The molecule has 0 aliphatic rings. The predicted octanol–water partition coefficient (Wildman–Crippen LogP) is 6.22. The van der Waals surface area contributed by atoms with E-state index in [1.165, 1.54) is 65.0 Å². The molecule has 0 N–H and O–H groups in total. The van der Waals surface area contributed by atoms with Gasteiger partial charge in [0.05, 0.1) is 0 Å². The fourth-order valence-electron chi connectivity index (χ4n) is 2.80. The summed E-state index contributed by atoms with van der Waals surface area (Å²) >= 11 is -2.13. The minimum absolute atomic E-state index is 0.305. The fraction of sp³-hybridized carbons (Fsp3) is 0.650. The molecule has 0 bridgehead atoms. The number of rotatable bonds is 13. The Bertz CT molecular complexity index is 361. The number of ether oxygens (including phenoxy) is 1. The van der Waals surface area contributed by atoms with Gasteiger partial charge in [0.2, 0.25) is 0 Å². The normalized spacial score (nSPS) is 12.7. The second-order valence-corrected chi connectivity index (χ2v) is 19.3. The number of unbranched alkanes of at least 4 members (excludes halogenated alkanes) is 3. The SMILES string of the molecule is CCC[CH2][Sn](/[CH]=C/C=C\C=C/C(=O)OC)([CH2]CCC)[CH2]CCC. The predicted molar refractivity (Wildman–Crippen MR) is 104 cm³/mol. The molecule has 0 fully saturated rings. The van der Waals surface area contributed by atoms with Gasteiger partial charge in [-0.15, -0.1) is 0 Å². The molecule has 3 heteroatoms. The number of carbonyl (C=O) groups excluding carboxylic acids is 1. The molecule has 0 saturated heterocycles. The quantitative estimate of drug-likeness (QED) is 0.151. The molecule has 0 radical (unpaired) electrons. The Morgan fingerprint density at radius 1 is 0.826 bits per heavy atom. The molecule has 0 amide bonds. The van der Waals surface area contributed by atoms with E-state index in [9.17, 15) is 4.79 Å². The van der Waals surface area contributed by atoms with E-state index in [2.05, 4.69) is 41.8 Å². The molecule has 0 aromatic carbocycles. The molecule has 0 aromatic heterocycles. The van der Waals surface area contributed by atoms with Gasteiger partial charge < -0.3 is 0 Å². The van der Waals surface area contributed by atoms with Crippen molar-refractivity contribution < 1.29 is 9.53 Å². The van der Waals surface area contributed by atoms with Crippen molar-refractivity contribution in [2.45, 2.75) is 72.6 Å². The van der Waals surface area contributed by atoms with Crippen LogP contribution in [0.2, 0.25) is 13.3 Å². The Morgan fingerprint density at radius 3 is 1.74 bits per heavy atom. The monoisotopic (exact) mass is 428 g/mol. The van der Waals surface area contributed by atoms with Crippen LogP contribution in [0.5, 0.6) is 0 Å². The number of hydrogen-bond donors (Lipinski definition) is 0. The van der Waals surface area contributed by atoms with E-state index in [1.807, 2.05) is 6.08 Å². The van der Waals surface area contributed by atoms with Crippen LogP contribution in [0.1, 0.15) is 59.3 Å². The molecule has 0 aliphatic heterocycles. The van der Waals surface area contributed by atoms with Gasteiger partial charge in [0.25, 0.3) is 0 Å². The van der Waals surface area contributed by atoms with Crippen LogP contribution in [0.3, 0.4) is 0 Å². The second-order valence-electron chi connectivity index (χ2n) is 6.30. The average Bonchev–Trinajstić information content (AvgIpc) is 2.58. The van der Waals surface area contributed by atoms with E-state index in [4.69, 9.17) is 0 Å². The van der Waals surface area contributed by atoms with E-state index in [1.54, 1.807) is 6.08 Å². The van der Waals surface area contributed by atoms with Crippen molar-refractivity contribution in [2.75, 3.05) is 7.11 Å². The first-order valence-corrected chi connectivity index (χ1v) is 16.9. The van der Waals surface area contributed by atoms with Crippen LogP contribution in [0, 0.1) is 0 Å². The molecule has 0 spiro atoms. The summed E-state index contributed by atoms with van der Waals surface area (Å²) in [5.74, 6) is -0.305. The van der Waals surface area contributed by atoms with E-state index >= 15 is 0 Å². The van der Waals surface area contributed by atoms with Gasteiger partial charge in [-0.3, -0.25) is 0 Å². The van der Waals surface area contributed by atoms with Gasteiger partial charge in [-0.05, 0) is 0 Å².